The van der Waals surface area contributed by atoms with Gasteiger partial charge in [-0.05, 0) is 18.2 Å². The molecule has 0 saturated heterocycles. The highest BCUT2D eigenvalue weighted by atomic mass is 35.5. The van der Waals surface area contributed by atoms with Gasteiger partial charge in [-0.3, -0.25) is 0 Å². The van der Waals surface area contributed by atoms with Crippen LogP contribution in [-0.4, -0.2) is 5.11 Å². The van der Waals surface area contributed by atoms with Gasteiger partial charge in [0.25, 0.3) is 0 Å². The molecule has 0 aromatic heterocycles. The zero-order chi connectivity index (χ0) is 12.6. The summed E-state index contributed by atoms with van der Waals surface area (Å²) in [6, 6.07) is 6.04. The molecule has 88 valence electrons. The van der Waals surface area contributed by atoms with Crippen LogP contribution in [-0.2, 0) is 0 Å². The fraction of sp³-hybridized carbons (Fsp3) is 0. The minimum Gasteiger partial charge on any atom is -0.504 e. The monoisotopic (exact) mass is 274 g/mol. The highest BCUT2D eigenvalue weighted by Gasteiger charge is 2.14. The van der Waals surface area contributed by atoms with Gasteiger partial charge in [0.1, 0.15) is 5.82 Å². The lowest BCUT2D eigenvalue weighted by Gasteiger charge is -2.08. The van der Waals surface area contributed by atoms with E-state index in [0.717, 1.165) is 6.07 Å². The number of hydrogen-bond acceptors (Lipinski definition) is 1. The van der Waals surface area contributed by atoms with Gasteiger partial charge in [0.15, 0.2) is 11.6 Å². The molecule has 0 aliphatic heterocycles. The summed E-state index contributed by atoms with van der Waals surface area (Å²) < 4.78 is 26.3. The van der Waals surface area contributed by atoms with Crippen molar-refractivity contribution in [2.24, 2.45) is 0 Å². The summed E-state index contributed by atoms with van der Waals surface area (Å²) in [5.74, 6) is -2.47. The van der Waals surface area contributed by atoms with E-state index in [4.69, 9.17) is 23.2 Å². The van der Waals surface area contributed by atoms with Crippen molar-refractivity contribution < 1.29 is 13.9 Å². The highest BCUT2D eigenvalue weighted by molar-refractivity contribution is 6.36. The fourth-order valence-corrected chi connectivity index (χ4v) is 1.99. The topological polar surface area (TPSA) is 20.2 Å². The van der Waals surface area contributed by atoms with E-state index in [1.165, 1.54) is 18.2 Å². The highest BCUT2D eigenvalue weighted by Crippen LogP contribution is 2.37. The maximum Gasteiger partial charge on any atom is 0.168 e. The van der Waals surface area contributed by atoms with Crippen LogP contribution in [0.1, 0.15) is 0 Å². The van der Waals surface area contributed by atoms with Crippen LogP contribution in [0.25, 0.3) is 11.1 Å². The molecule has 0 heterocycles. The number of phenolic OH excluding ortho intramolecular Hbond substituents is 1. The molecule has 0 unspecified atom stereocenters. The molecule has 0 spiro atoms. The van der Waals surface area contributed by atoms with Crippen molar-refractivity contribution in [1.82, 2.24) is 0 Å². The van der Waals surface area contributed by atoms with Gasteiger partial charge in [-0.2, -0.15) is 0 Å². The van der Waals surface area contributed by atoms with Gasteiger partial charge in [0, 0.05) is 22.2 Å². The third-order valence-electron chi connectivity index (χ3n) is 2.25. The lowest BCUT2D eigenvalue weighted by molar-refractivity contribution is 0.430. The van der Waals surface area contributed by atoms with Gasteiger partial charge < -0.3 is 5.11 Å². The number of halogens is 4. The molecule has 2 aromatic carbocycles. The molecule has 0 amide bonds. The summed E-state index contributed by atoms with van der Waals surface area (Å²) >= 11 is 11.6. The Labute approximate surface area is 106 Å². The van der Waals surface area contributed by atoms with Crippen molar-refractivity contribution in [3.63, 3.8) is 0 Å². The smallest absolute Gasteiger partial charge is 0.168 e. The summed E-state index contributed by atoms with van der Waals surface area (Å²) in [6.07, 6.45) is 0. The van der Waals surface area contributed by atoms with E-state index < -0.39 is 17.4 Å². The molecular weight excluding hydrogens is 269 g/mol. The fourth-order valence-electron chi connectivity index (χ4n) is 1.48. The van der Waals surface area contributed by atoms with E-state index >= 15 is 0 Å². The van der Waals surface area contributed by atoms with Crippen molar-refractivity contribution in [1.29, 1.82) is 0 Å². The van der Waals surface area contributed by atoms with Gasteiger partial charge in [0.2, 0.25) is 0 Å². The first-order valence-corrected chi connectivity index (χ1v) is 5.38. The lowest BCUT2D eigenvalue weighted by Crippen LogP contribution is -1.87. The van der Waals surface area contributed by atoms with Crippen LogP contribution in [0.3, 0.4) is 0 Å². The molecule has 0 aliphatic carbocycles. The Morgan fingerprint density at radius 3 is 2.29 bits per heavy atom. The molecule has 1 N–H and O–H groups in total. The summed E-state index contributed by atoms with van der Waals surface area (Å²) in [5.41, 5.74) is 0.302. The van der Waals surface area contributed by atoms with E-state index in [1.54, 1.807) is 0 Å². The number of phenols is 1. The predicted molar refractivity (Wildman–Crippen MR) is 63.5 cm³/mol. The molecule has 0 bridgehead atoms. The Balaban J connectivity index is 2.68. The molecule has 17 heavy (non-hydrogen) atoms. The van der Waals surface area contributed by atoms with Crippen molar-refractivity contribution in [2.75, 3.05) is 0 Å². The van der Waals surface area contributed by atoms with Crippen LogP contribution in [0, 0.1) is 11.6 Å². The van der Waals surface area contributed by atoms with Crippen molar-refractivity contribution >= 4 is 23.2 Å². The van der Waals surface area contributed by atoms with Crippen molar-refractivity contribution in [2.45, 2.75) is 0 Å². The van der Waals surface area contributed by atoms with E-state index in [0.29, 0.717) is 16.7 Å². The first-order valence-electron chi connectivity index (χ1n) is 4.62. The summed E-state index contributed by atoms with van der Waals surface area (Å²) in [6.45, 7) is 0. The van der Waals surface area contributed by atoms with E-state index in [1.807, 2.05) is 0 Å². The molecular formula is C12H6Cl2F2O. The Kier molecular flexibility index (Phi) is 3.22. The van der Waals surface area contributed by atoms with Gasteiger partial charge in [-0.15, -0.1) is 0 Å². The second-order valence-electron chi connectivity index (χ2n) is 3.41. The molecule has 2 rings (SSSR count). The molecule has 0 radical (unpaired) electrons. The van der Waals surface area contributed by atoms with E-state index in [2.05, 4.69) is 0 Å². The molecule has 5 heteroatoms. The summed E-state index contributed by atoms with van der Waals surface area (Å²) in [4.78, 5) is 0. The maximum atomic E-state index is 13.2. The number of hydrogen-bond donors (Lipinski definition) is 1. The van der Waals surface area contributed by atoms with Crippen molar-refractivity contribution in [3.05, 3.63) is 52.0 Å². The Bertz CT molecular complexity index is 585. The van der Waals surface area contributed by atoms with Gasteiger partial charge >= 0.3 is 0 Å². The average molecular weight is 275 g/mol. The second kappa shape index (κ2) is 4.51. The third-order valence-corrected chi connectivity index (χ3v) is 2.80. The summed E-state index contributed by atoms with van der Waals surface area (Å²) in [5, 5.41) is 10.1. The first kappa shape index (κ1) is 12.1. The van der Waals surface area contributed by atoms with Gasteiger partial charge in [0.05, 0.1) is 5.02 Å². The molecule has 0 aliphatic rings. The Hall–Kier alpha value is -1.32. The molecule has 0 atom stereocenters. The van der Waals surface area contributed by atoms with Crippen LogP contribution in [0.5, 0.6) is 5.75 Å². The first-order chi connectivity index (χ1) is 7.99. The largest absolute Gasteiger partial charge is 0.504 e. The van der Waals surface area contributed by atoms with Crippen LogP contribution in [0.4, 0.5) is 8.78 Å². The predicted octanol–water partition coefficient (Wildman–Crippen LogP) is 4.64. The number of aromatic hydroxyl groups is 1. The standard InChI is InChI=1S/C12H6Cl2F2O/c13-6-1-2-8(10(14)3-6)9-4-7(15)5-11(16)12(9)17/h1-5,17H. The van der Waals surface area contributed by atoms with Gasteiger partial charge in [-0.25, -0.2) is 8.78 Å². The van der Waals surface area contributed by atoms with Crippen LogP contribution in [0.15, 0.2) is 30.3 Å². The van der Waals surface area contributed by atoms with Crippen LogP contribution in [0.2, 0.25) is 10.0 Å². The van der Waals surface area contributed by atoms with Crippen molar-refractivity contribution in [3.8, 4) is 16.9 Å². The Morgan fingerprint density at radius 2 is 1.65 bits per heavy atom. The molecule has 2 aromatic rings. The van der Waals surface area contributed by atoms with Crippen LogP contribution >= 0.6 is 23.2 Å². The summed E-state index contributed by atoms with van der Waals surface area (Å²) in [7, 11) is 0. The number of rotatable bonds is 1. The normalized spacial score (nSPS) is 10.6. The number of benzene rings is 2. The van der Waals surface area contributed by atoms with Crippen LogP contribution < -0.4 is 0 Å². The second-order valence-corrected chi connectivity index (χ2v) is 4.25. The lowest BCUT2D eigenvalue weighted by atomic mass is 10.0. The van der Waals surface area contributed by atoms with Gasteiger partial charge in [-0.1, -0.05) is 29.3 Å². The zero-order valence-corrected chi connectivity index (χ0v) is 9.86. The van der Waals surface area contributed by atoms with E-state index in [9.17, 15) is 13.9 Å². The minimum atomic E-state index is -1.04. The zero-order valence-electron chi connectivity index (χ0n) is 8.35. The third kappa shape index (κ3) is 2.35. The van der Waals surface area contributed by atoms with E-state index in [-0.39, 0.29) is 10.6 Å². The average Bonchev–Trinajstić information content (AvgIpc) is 2.24. The SMILES string of the molecule is Oc1c(F)cc(F)cc1-c1ccc(Cl)cc1Cl. The Morgan fingerprint density at radius 1 is 0.941 bits per heavy atom. The quantitative estimate of drug-likeness (QED) is 0.803. The molecule has 0 saturated carbocycles. The maximum absolute atomic E-state index is 13.2. The molecule has 0 fully saturated rings. The minimum absolute atomic E-state index is 0.0100. The molecule has 1 nitrogen and oxygen atoms in total.